The largest absolute Gasteiger partial charge is 0.391 e. The predicted octanol–water partition coefficient (Wildman–Crippen LogP) is 4.21. The second kappa shape index (κ2) is 8.61. The smallest absolute Gasteiger partial charge is 0.142 e. The van der Waals surface area contributed by atoms with Crippen molar-refractivity contribution in [3.05, 3.63) is 107 Å². The van der Waals surface area contributed by atoms with Crippen molar-refractivity contribution < 1.29 is 9.94 Å². The molecule has 0 radical (unpaired) electrons. The van der Waals surface area contributed by atoms with Crippen LogP contribution in [0.15, 0.2) is 90.1 Å². The normalized spacial score (nSPS) is 12.2. The van der Waals surface area contributed by atoms with Gasteiger partial charge < -0.3 is 9.94 Å². The predicted molar refractivity (Wildman–Crippen MR) is 100 cm³/mol. The lowest BCUT2D eigenvalue weighted by molar-refractivity contribution is 0.125. The Morgan fingerprint density at radius 2 is 1.54 bits per heavy atom. The molecule has 0 aliphatic heterocycles. The van der Waals surface area contributed by atoms with Crippen molar-refractivity contribution in [2.24, 2.45) is 5.16 Å². The Kier molecular flexibility index (Phi) is 5.76. The van der Waals surface area contributed by atoms with Gasteiger partial charge in [-0.1, -0.05) is 78.0 Å². The quantitative estimate of drug-likeness (QED) is 0.539. The average molecular weight is 342 g/mol. The fourth-order valence-corrected chi connectivity index (χ4v) is 2.51. The minimum atomic E-state index is -0.889. The van der Waals surface area contributed by atoms with Crippen molar-refractivity contribution >= 4 is 5.71 Å². The van der Waals surface area contributed by atoms with E-state index in [1.807, 2.05) is 72.8 Å². The van der Waals surface area contributed by atoms with E-state index in [0.717, 1.165) is 16.7 Å². The lowest BCUT2D eigenvalue weighted by Crippen LogP contribution is -2.14. The molecule has 1 atom stereocenters. The number of aliphatic hydroxyl groups is 1. The van der Waals surface area contributed by atoms with Gasteiger partial charge in [0.1, 0.15) is 18.4 Å². The molecule has 0 fully saturated rings. The summed E-state index contributed by atoms with van der Waals surface area (Å²) in [6, 6.07) is 28.0. The van der Waals surface area contributed by atoms with Gasteiger partial charge in [0.2, 0.25) is 0 Å². The zero-order valence-corrected chi connectivity index (χ0v) is 14.1. The molecular formula is C22H18N2O2. The van der Waals surface area contributed by atoms with Crippen LogP contribution in [0.4, 0.5) is 0 Å². The Labute approximate surface area is 152 Å². The summed E-state index contributed by atoms with van der Waals surface area (Å²) < 4.78 is 0. The van der Waals surface area contributed by atoms with Crippen LogP contribution in [-0.4, -0.2) is 10.8 Å². The first-order chi connectivity index (χ1) is 12.8. The minimum Gasteiger partial charge on any atom is -0.391 e. The number of hydrogen-bond donors (Lipinski definition) is 1. The van der Waals surface area contributed by atoms with Gasteiger partial charge in [-0.05, 0) is 23.3 Å². The molecule has 0 saturated carbocycles. The maximum Gasteiger partial charge on any atom is 0.142 e. The van der Waals surface area contributed by atoms with Gasteiger partial charge in [0.05, 0.1) is 11.6 Å². The first kappa shape index (κ1) is 17.4. The molecule has 0 aliphatic rings. The molecule has 0 aliphatic carbocycles. The van der Waals surface area contributed by atoms with Gasteiger partial charge in [0.25, 0.3) is 0 Å². The molecule has 1 N–H and O–H groups in total. The summed E-state index contributed by atoms with van der Waals surface area (Å²) in [5.74, 6) is 0. The lowest BCUT2D eigenvalue weighted by Gasteiger charge is -2.14. The molecule has 0 heterocycles. The number of nitrogens with zero attached hydrogens (tertiary/aromatic N) is 2. The van der Waals surface area contributed by atoms with E-state index < -0.39 is 6.10 Å². The van der Waals surface area contributed by atoms with E-state index in [2.05, 4.69) is 11.2 Å². The van der Waals surface area contributed by atoms with E-state index >= 15 is 0 Å². The second-order valence-corrected chi connectivity index (χ2v) is 5.74. The van der Waals surface area contributed by atoms with Crippen LogP contribution in [0.5, 0.6) is 0 Å². The highest BCUT2D eigenvalue weighted by molar-refractivity contribution is 6.03. The zero-order chi connectivity index (χ0) is 18.2. The van der Waals surface area contributed by atoms with E-state index in [1.54, 1.807) is 12.1 Å². The molecule has 4 nitrogen and oxygen atoms in total. The molecule has 0 saturated heterocycles. The van der Waals surface area contributed by atoms with Crippen LogP contribution >= 0.6 is 0 Å². The van der Waals surface area contributed by atoms with Crippen LogP contribution < -0.4 is 0 Å². The van der Waals surface area contributed by atoms with Crippen molar-refractivity contribution in [2.45, 2.75) is 12.7 Å². The molecule has 26 heavy (non-hydrogen) atoms. The highest BCUT2D eigenvalue weighted by Gasteiger charge is 2.17. The van der Waals surface area contributed by atoms with Gasteiger partial charge in [-0.2, -0.15) is 5.26 Å². The molecule has 3 rings (SSSR count). The lowest BCUT2D eigenvalue weighted by atomic mass is 9.99. The number of benzene rings is 3. The highest BCUT2D eigenvalue weighted by atomic mass is 16.6. The molecule has 0 bridgehead atoms. The number of nitriles is 1. The second-order valence-electron chi connectivity index (χ2n) is 5.74. The molecule has 4 heteroatoms. The fourth-order valence-electron chi connectivity index (χ4n) is 2.51. The zero-order valence-electron chi connectivity index (χ0n) is 14.1. The third-order valence-electron chi connectivity index (χ3n) is 3.92. The van der Waals surface area contributed by atoms with E-state index in [9.17, 15) is 5.11 Å². The SMILES string of the molecule is N#Cc1ccc(CO/N=C(/c2ccccc2)[C@@H](O)c2ccccc2)cc1. The van der Waals surface area contributed by atoms with Crippen LogP contribution in [0.1, 0.15) is 28.4 Å². The van der Waals surface area contributed by atoms with Gasteiger partial charge >= 0.3 is 0 Å². The number of rotatable bonds is 6. The maximum atomic E-state index is 10.8. The molecule has 128 valence electrons. The van der Waals surface area contributed by atoms with Crippen LogP contribution in [0, 0.1) is 11.3 Å². The number of aliphatic hydroxyl groups excluding tert-OH is 1. The first-order valence-electron chi connectivity index (χ1n) is 8.25. The van der Waals surface area contributed by atoms with Gasteiger partial charge in [0, 0.05) is 5.56 Å². The van der Waals surface area contributed by atoms with Gasteiger partial charge in [-0.25, -0.2) is 0 Å². The van der Waals surface area contributed by atoms with E-state index in [0.29, 0.717) is 11.3 Å². The van der Waals surface area contributed by atoms with Crippen LogP contribution in [-0.2, 0) is 11.4 Å². The Morgan fingerprint density at radius 3 is 2.15 bits per heavy atom. The Hall–Kier alpha value is -3.42. The van der Waals surface area contributed by atoms with Crippen molar-refractivity contribution in [3.63, 3.8) is 0 Å². The van der Waals surface area contributed by atoms with Crippen LogP contribution in [0.3, 0.4) is 0 Å². The number of oxime groups is 1. The Bertz CT molecular complexity index is 898. The third kappa shape index (κ3) is 4.35. The number of hydrogen-bond acceptors (Lipinski definition) is 4. The molecule has 3 aromatic rings. The summed E-state index contributed by atoms with van der Waals surface area (Å²) in [5.41, 5.74) is 3.49. The highest BCUT2D eigenvalue weighted by Crippen LogP contribution is 2.20. The summed E-state index contributed by atoms with van der Waals surface area (Å²) in [5, 5.41) is 23.8. The summed E-state index contributed by atoms with van der Waals surface area (Å²) >= 11 is 0. The summed E-state index contributed by atoms with van der Waals surface area (Å²) in [4.78, 5) is 5.50. The van der Waals surface area contributed by atoms with Crippen molar-refractivity contribution in [3.8, 4) is 6.07 Å². The van der Waals surface area contributed by atoms with E-state index in [1.165, 1.54) is 0 Å². The molecule has 3 aromatic carbocycles. The van der Waals surface area contributed by atoms with E-state index in [-0.39, 0.29) is 6.61 Å². The molecule has 0 spiro atoms. The van der Waals surface area contributed by atoms with Crippen molar-refractivity contribution in [1.82, 2.24) is 0 Å². The van der Waals surface area contributed by atoms with Gasteiger partial charge in [-0.3, -0.25) is 0 Å². The molecule has 0 unspecified atom stereocenters. The summed E-state index contributed by atoms with van der Waals surface area (Å²) in [7, 11) is 0. The topological polar surface area (TPSA) is 65.6 Å². The first-order valence-corrected chi connectivity index (χ1v) is 8.25. The monoisotopic (exact) mass is 342 g/mol. The molecular weight excluding hydrogens is 324 g/mol. The van der Waals surface area contributed by atoms with E-state index in [4.69, 9.17) is 10.1 Å². The summed E-state index contributed by atoms with van der Waals surface area (Å²) in [6.07, 6.45) is -0.889. The van der Waals surface area contributed by atoms with Gasteiger partial charge in [-0.15, -0.1) is 0 Å². The third-order valence-corrected chi connectivity index (χ3v) is 3.92. The molecule has 0 aromatic heterocycles. The Balaban J connectivity index is 1.81. The van der Waals surface area contributed by atoms with Crippen molar-refractivity contribution in [2.75, 3.05) is 0 Å². The molecule has 0 amide bonds. The summed E-state index contributed by atoms with van der Waals surface area (Å²) in [6.45, 7) is 0.254. The minimum absolute atomic E-state index is 0.254. The van der Waals surface area contributed by atoms with Crippen LogP contribution in [0.25, 0.3) is 0 Å². The average Bonchev–Trinajstić information content (AvgIpc) is 2.72. The standard InChI is InChI=1S/C22H18N2O2/c23-15-17-11-13-18(14-12-17)16-26-24-21(19-7-3-1-4-8-19)22(25)20-9-5-2-6-10-20/h1-14,22,25H,16H2/b24-21-/t22-/m0/s1. The van der Waals surface area contributed by atoms with Crippen LogP contribution in [0.2, 0.25) is 0 Å². The maximum absolute atomic E-state index is 10.8. The van der Waals surface area contributed by atoms with Crippen molar-refractivity contribution in [1.29, 1.82) is 5.26 Å². The fraction of sp³-hybridized carbons (Fsp3) is 0.0909. The van der Waals surface area contributed by atoms with Gasteiger partial charge in [0.15, 0.2) is 0 Å². The Morgan fingerprint density at radius 1 is 0.923 bits per heavy atom.